The van der Waals surface area contributed by atoms with Crippen molar-refractivity contribution in [3.8, 4) is 0 Å². The third kappa shape index (κ3) is 1.61. The lowest BCUT2D eigenvalue weighted by molar-refractivity contribution is 0.324. The molecule has 0 aliphatic carbocycles. The number of hydrogen-bond acceptors (Lipinski definition) is 3. The van der Waals surface area contributed by atoms with E-state index in [1.807, 2.05) is 0 Å². The molecule has 2 heterocycles. The second-order valence-electron chi connectivity index (χ2n) is 4.08. The Balaban J connectivity index is 2.11. The third-order valence-corrected chi connectivity index (χ3v) is 3.18. The maximum atomic E-state index is 13.7. The van der Waals surface area contributed by atoms with Gasteiger partial charge in [-0.25, -0.2) is 22.8 Å². The van der Waals surface area contributed by atoms with E-state index in [1.165, 1.54) is 16.8 Å². The lowest BCUT2D eigenvalue weighted by Crippen LogP contribution is -2.10. The molecular formula is C11H8F3N3S. The summed E-state index contributed by atoms with van der Waals surface area (Å²) < 4.78 is 41.9. The van der Waals surface area contributed by atoms with Crippen LogP contribution >= 0.6 is 12.6 Å². The topological polar surface area (TPSA) is 30.7 Å². The van der Waals surface area contributed by atoms with Gasteiger partial charge in [0.05, 0.1) is 6.04 Å². The summed E-state index contributed by atoms with van der Waals surface area (Å²) in [7, 11) is 0. The van der Waals surface area contributed by atoms with Gasteiger partial charge in [0.1, 0.15) is 0 Å². The fraction of sp³-hybridized carbons (Fsp3) is 0.273. The molecule has 0 unspecified atom stereocenters. The Labute approximate surface area is 106 Å². The average molecular weight is 271 g/mol. The van der Waals surface area contributed by atoms with Crippen LogP contribution in [0.25, 0.3) is 0 Å². The number of fused-ring (bicyclic) bond motifs is 1. The normalized spacial score (nSPS) is 22.2. The maximum absolute atomic E-state index is 13.7. The second kappa shape index (κ2) is 4.01. The van der Waals surface area contributed by atoms with E-state index < -0.39 is 23.8 Å². The van der Waals surface area contributed by atoms with Gasteiger partial charge in [-0.15, -0.1) is 17.7 Å². The van der Waals surface area contributed by atoms with Crippen LogP contribution in [0.1, 0.15) is 30.0 Å². The summed E-state index contributed by atoms with van der Waals surface area (Å²) in [6, 6.07) is 3.15. The van der Waals surface area contributed by atoms with Gasteiger partial charge in [-0.2, -0.15) is 0 Å². The van der Waals surface area contributed by atoms with Crippen molar-refractivity contribution in [3.05, 3.63) is 41.2 Å². The zero-order valence-corrected chi connectivity index (χ0v) is 9.91. The van der Waals surface area contributed by atoms with E-state index in [0.717, 1.165) is 6.07 Å². The van der Waals surface area contributed by atoms with Crippen LogP contribution in [-0.4, -0.2) is 14.8 Å². The molecule has 0 amide bonds. The van der Waals surface area contributed by atoms with Crippen molar-refractivity contribution in [2.45, 2.75) is 23.8 Å². The first kappa shape index (κ1) is 11.6. The van der Waals surface area contributed by atoms with Crippen LogP contribution in [-0.2, 0) is 0 Å². The van der Waals surface area contributed by atoms with Crippen molar-refractivity contribution in [1.82, 2.24) is 14.8 Å². The molecule has 0 spiro atoms. The second-order valence-corrected chi connectivity index (χ2v) is 4.48. The fourth-order valence-electron chi connectivity index (χ4n) is 2.20. The van der Waals surface area contributed by atoms with Gasteiger partial charge in [-0.05, 0) is 6.07 Å². The summed E-state index contributed by atoms with van der Waals surface area (Å²) in [5, 5.41) is 4.03. The predicted octanol–water partition coefficient (Wildman–Crippen LogP) is 2.85. The summed E-state index contributed by atoms with van der Waals surface area (Å²) in [5.41, 5.74) is 0.0784. The number of alkyl halides is 1. The van der Waals surface area contributed by atoms with Crippen molar-refractivity contribution in [2.75, 3.05) is 0 Å². The van der Waals surface area contributed by atoms with E-state index in [9.17, 15) is 13.2 Å². The van der Waals surface area contributed by atoms with Gasteiger partial charge in [0.15, 0.2) is 23.6 Å². The molecule has 94 valence electrons. The first-order chi connectivity index (χ1) is 8.58. The van der Waals surface area contributed by atoms with E-state index >= 15 is 0 Å². The lowest BCUT2D eigenvalue weighted by Gasteiger charge is -2.12. The molecule has 0 N–H and O–H groups in total. The van der Waals surface area contributed by atoms with E-state index in [4.69, 9.17) is 0 Å². The van der Waals surface area contributed by atoms with Crippen LogP contribution in [0.3, 0.4) is 0 Å². The lowest BCUT2D eigenvalue weighted by atomic mass is 10.0. The van der Waals surface area contributed by atoms with Crippen molar-refractivity contribution >= 4 is 12.6 Å². The quantitative estimate of drug-likeness (QED) is 0.808. The van der Waals surface area contributed by atoms with Gasteiger partial charge in [-0.1, -0.05) is 12.1 Å². The third-order valence-electron chi connectivity index (χ3n) is 2.99. The number of benzene rings is 1. The molecule has 3 rings (SSSR count). The Hall–Kier alpha value is -1.50. The molecule has 18 heavy (non-hydrogen) atoms. The molecule has 7 heteroatoms. The van der Waals surface area contributed by atoms with Crippen LogP contribution < -0.4 is 0 Å². The molecule has 0 radical (unpaired) electrons. The standard InChI is InChI=1S/C11H8F3N3S/c12-6-3-1-2-5(9(6)14)8-4-7(13)10-15-11(18)16-17(8)10/h1-3,7-8H,4H2,(H,16,18)/t7-,8-/m1/s1. The van der Waals surface area contributed by atoms with E-state index in [2.05, 4.69) is 22.7 Å². The Morgan fingerprint density at radius 2 is 2.11 bits per heavy atom. The molecule has 0 saturated heterocycles. The van der Waals surface area contributed by atoms with Crippen molar-refractivity contribution in [2.24, 2.45) is 0 Å². The minimum Gasteiger partial charge on any atom is -0.239 e. The molecule has 0 fully saturated rings. The Bertz CT molecular complexity index is 614. The first-order valence-electron chi connectivity index (χ1n) is 5.31. The molecule has 0 bridgehead atoms. The average Bonchev–Trinajstić information content (AvgIpc) is 2.83. The molecule has 2 atom stereocenters. The molecule has 1 aromatic carbocycles. The first-order valence-corrected chi connectivity index (χ1v) is 5.76. The van der Waals surface area contributed by atoms with Crippen LogP contribution in [0.4, 0.5) is 13.2 Å². The highest BCUT2D eigenvalue weighted by molar-refractivity contribution is 7.80. The van der Waals surface area contributed by atoms with Crippen molar-refractivity contribution in [1.29, 1.82) is 0 Å². The van der Waals surface area contributed by atoms with Crippen LogP contribution in [0, 0.1) is 11.6 Å². The molecule has 1 aliphatic heterocycles. The molecular weight excluding hydrogens is 263 g/mol. The highest BCUT2D eigenvalue weighted by Crippen LogP contribution is 2.40. The van der Waals surface area contributed by atoms with Gasteiger partial charge in [-0.3, -0.25) is 0 Å². The minimum atomic E-state index is -1.34. The summed E-state index contributed by atoms with van der Waals surface area (Å²) >= 11 is 3.93. The summed E-state index contributed by atoms with van der Waals surface area (Å²) in [5.74, 6) is -1.82. The smallest absolute Gasteiger partial charge is 0.205 e. The van der Waals surface area contributed by atoms with Crippen molar-refractivity contribution in [3.63, 3.8) is 0 Å². The van der Waals surface area contributed by atoms with Gasteiger partial charge >= 0.3 is 0 Å². The number of aromatic nitrogens is 3. The van der Waals surface area contributed by atoms with E-state index in [-0.39, 0.29) is 23.0 Å². The summed E-state index contributed by atoms with van der Waals surface area (Å²) in [4.78, 5) is 3.82. The van der Waals surface area contributed by atoms with Gasteiger partial charge in [0.2, 0.25) is 5.16 Å². The fourth-order valence-corrected chi connectivity index (χ4v) is 2.40. The monoisotopic (exact) mass is 271 g/mol. The molecule has 2 aromatic rings. The van der Waals surface area contributed by atoms with Gasteiger partial charge < -0.3 is 0 Å². The highest BCUT2D eigenvalue weighted by atomic mass is 32.1. The largest absolute Gasteiger partial charge is 0.239 e. The number of rotatable bonds is 1. The Kier molecular flexibility index (Phi) is 2.58. The number of halogens is 3. The summed E-state index contributed by atoms with van der Waals surface area (Å²) in [6.07, 6.45) is -1.34. The predicted molar refractivity (Wildman–Crippen MR) is 60.2 cm³/mol. The maximum Gasteiger partial charge on any atom is 0.205 e. The summed E-state index contributed by atoms with van der Waals surface area (Å²) in [6.45, 7) is 0. The zero-order valence-electron chi connectivity index (χ0n) is 9.02. The molecule has 1 aromatic heterocycles. The molecule has 3 nitrogen and oxygen atoms in total. The number of thiol groups is 1. The van der Waals surface area contributed by atoms with E-state index in [1.54, 1.807) is 0 Å². The molecule has 1 aliphatic rings. The number of hydrogen-bond donors (Lipinski definition) is 1. The van der Waals surface area contributed by atoms with Crippen molar-refractivity contribution < 1.29 is 13.2 Å². The van der Waals surface area contributed by atoms with Crippen LogP contribution in [0.15, 0.2) is 23.4 Å². The van der Waals surface area contributed by atoms with Crippen LogP contribution in [0.2, 0.25) is 0 Å². The van der Waals surface area contributed by atoms with E-state index in [0.29, 0.717) is 0 Å². The SMILES string of the molecule is Fc1cccc([C@H]2C[C@@H](F)c3nc(S)nn32)c1F. The molecule has 0 saturated carbocycles. The minimum absolute atomic E-state index is 0.00373. The zero-order chi connectivity index (χ0) is 12.9. The Morgan fingerprint density at radius 1 is 1.33 bits per heavy atom. The van der Waals surface area contributed by atoms with Crippen LogP contribution in [0.5, 0.6) is 0 Å². The Morgan fingerprint density at radius 3 is 2.89 bits per heavy atom. The van der Waals surface area contributed by atoms with Gasteiger partial charge in [0, 0.05) is 12.0 Å². The van der Waals surface area contributed by atoms with Gasteiger partial charge in [0.25, 0.3) is 0 Å². The highest BCUT2D eigenvalue weighted by Gasteiger charge is 2.36. The number of nitrogens with zero attached hydrogens (tertiary/aromatic N) is 3.